The summed E-state index contributed by atoms with van der Waals surface area (Å²) in [4.78, 5) is 15.9. The number of nitrogens with one attached hydrogen (secondary N) is 1. The molecule has 1 aromatic carbocycles. The van der Waals surface area contributed by atoms with E-state index in [1.54, 1.807) is 0 Å². The number of benzene rings is 1. The highest BCUT2D eigenvalue weighted by molar-refractivity contribution is 5.92. The van der Waals surface area contributed by atoms with Crippen LogP contribution >= 0.6 is 0 Å². The van der Waals surface area contributed by atoms with Gasteiger partial charge in [0.05, 0.1) is 0 Å². The SMILES string of the molecule is CCc1noc(-c2ccc(C)c(NC(=O)CCN)c2)n1. The number of aromatic nitrogens is 2. The second kappa shape index (κ2) is 6.29. The van der Waals surface area contributed by atoms with Crippen LogP contribution in [0.25, 0.3) is 11.5 Å². The number of anilines is 1. The van der Waals surface area contributed by atoms with Gasteiger partial charge in [0.1, 0.15) is 0 Å². The fraction of sp³-hybridized carbons (Fsp3) is 0.357. The molecule has 0 bridgehead atoms. The smallest absolute Gasteiger partial charge is 0.257 e. The minimum Gasteiger partial charge on any atom is -0.334 e. The number of amides is 1. The van der Waals surface area contributed by atoms with Gasteiger partial charge in [-0.1, -0.05) is 18.1 Å². The zero-order valence-corrected chi connectivity index (χ0v) is 11.6. The summed E-state index contributed by atoms with van der Waals surface area (Å²) < 4.78 is 5.20. The first kappa shape index (κ1) is 14.2. The maximum atomic E-state index is 11.6. The first-order valence-corrected chi connectivity index (χ1v) is 6.57. The van der Waals surface area contributed by atoms with Gasteiger partial charge in [-0.05, 0) is 24.6 Å². The molecule has 0 spiro atoms. The van der Waals surface area contributed by atoms with Gasteiger partial charge in [0.25, 0.3) is 5.89 Å². The van der Waals surface area contributed by atoms with E-state index in [-0.39, 0.29) is 5.91 Å². The predicted molar refractivity (Wildman–Crippen MR) is 76.2 cm³/mol. The van der Waals surface area contributed by atoms with Gasteiger partial charge in [0, 0.05) is 30.6 Å². The van der Waals surface area contributed by atoms with E-state index in [4.69, 9.17) is 10.3 Å². The molecule has 1 amide bonds. The van der Waals surface area contributed by atoms with Crippen LogP contribution in [-0.4, -0.2) is 22.6 Å². The normalized spacial score (nSPS) is 10.6. The fourth-order valence-corrected chi connectivity index (χ4v) is 1.75. The number of nitrogens with two attached hydrogens (primary N) is 1. The Hall–Kier alpha value is -2.21. The van der Waals surface area contributed by atoms with E-state index in [0.717, 1.165) is 23.2 Å². The maximum absolute atomic E-state index is 11.6. The lowest BCUT2D eigenvalue weighted by atomic mass is 10.1. The van der Waals surface area contributed by atoms with Crippen molar-refractivity contribution in [3.8, 4) is 11.5 Å². The standard InChI is InChI=1S/C14H18N4O2/c1-3-12-17-14(20-18-12)10-5-4-9(2)11(8-10)16-13(19)6-7-15/h4-5,8H,3,6-7,15H2,1-2H3,(H,16,19). The molecule has 0 radical (unpaired) electrons. The average molecular weight is 274 g/mol. The van der Waals surface area contributed by atoms with Gasteiger partial charge in [0.2, 0.25) is 5.91 Å². The Morgan fingerprint density at radius 2 is 2.25 bits per heavy atom. The van der Waals surface area contributed by atoms with E-state index < -0.39 is 0 Å². The van der Waals surface area contributed by atoms with E-state index in [0.29, 0.717) is 24.7 Å². The lowest BCUT2D eigenvalue weighted by Crippen LogP contribution is -2.16. The first-order chi connectivity index (χ1) is 9.63. The molecule has 0 saturated heterocycles. The minimum atomic E-state index is -0.104. The van der Waals surface area contributed by atoms with Crippen LogP contribution < -0.4 is 11.1 Å². The van der Waals surface area contributed by atoms with Crippen LogP contribution in [0.3, 0.4) is 0 Å². The molecular weight excluding hydrogens is 256 g/mol. The molecule has 2 rings (SSSR count). The third-order valence-electron chi connectivity index (χ3n) is 2.91. The molecule has 6 nitrogen and oxygen atoms in total. The number of carbonyl (C=O) groups is 1. The Morgan fingerprint density at radius 1 is 1.45 bits per heavy atom. The third-order valence-corrected chi connectivity index (χ3v) is 2.91. The van der Waals surface area contributed by atoms with Gasteiger partial charge < -0.3 is 15.6 Å². The molecule has 2 aromatic rings. The van der Waals surface area contributed by atoms with Crippen molar-refractivity contribution in [3.05, 3.63) is 29.6 Å². The molecule has 0 aliphatic carbocycles. The summed E-state index contributed by atoms with van der Waals surface area (Å²) in [6.07, 6.45) is 1.01. The molecule has 0 unspecified atom stereocenters. The summed E-state index contributed by atoms with van der Waals surface area (Å²) in [5.41, 5.74) is 7.85. The average Bonchev–Trinajstić information content (AvgIpc) is 2.90. The van der Waals surface area contributed by atoms with Crippen molar-refractivity contribution in [1.29, 1.82) is 0 Å². The van der Waals surface area contributed by atoms with Crippen molar-refractivity contribution in [2.75, 3.05) is 11.9 Å². The quantitative estimate of drug-likeness (QED) is 0.868. The van der Waals surface area contributed by atoms with Crippen LogP contribution in [0.15, 0.2) is 22.7 Å². The Balaban J connectivity index is 2.25. The highest BCUT2D eigenvalue weighted by Gasteiger charge is 2.11. The summed E-state index contributed by atoms with van der Waals surface area (Å²) in [6, 6.07) is 5.63. The van der Waals surface area contributed by atoms with Crippen molar-refractivity contribution in [2.45, 2.75) is 26.7 Å². The molecule has 20 heavy (non-hydrogen) atoms. The van der Waals surface area contributed by atoms with Crippen LogP contribution in [0.1, 0.15) is 24.7 Å². The third kappa shape index (κ3) is 3.21. The molecule has 0 saturated carbocycles. The molecule has 0 atom stereocenters. The Bertz CT molecular complexity index is 607. The van der Waals surface area contributed by atoms with Gasteiger partial charge in [0.15, 0.2) is 5.82 Å². The zero-order chi connectivity index (χ0) is 14.5. The van der Waals surface area contributed by atoms with Crippen LogP contribution in [-0.2, 0) is 11.2 Å². The van der Waals surface area contributed by atoms with Crippen LogP contribution in [0.5, 0.6) is 0 Å². The van der Waals surface area contributed by atoms with Gasteiger partial charge >= 0.3 is 0 Å². The topological polar surface area (TPSA) is 94.0 Å². The molecule has 1 aromatic heterocycles. The second-order valence-corrected chi connectivity index (χ2v) is 4.49. The van der Waals surface area contributed by atoms with Gasteiger partial charge in [-0.25, -0.2) is 0 Å². The maximum Gasteiger partial charge on any atom is 0.257 e. The number of aryl methyl sites for hydroxylation is 2. The van der Waals surface area contributed by atoms with Gasteiger partial charge in [-0.3, -0.25) is 4.79 Å². The number of hydrogen-bond donors (Lipinski definition) is 2. The van der Waals surface area contributed by atoms with Crippen molar-refractivity contribution in [1.82, 2.24) is 10.1 Å². The molecule has 1 heterocycles. The lowest BCUT2D eigenvalue weighted by molar-refractivity contribution is -0.116. The van der Waals surface area contributed by atoms with Crippen molar-refractivity contribution >= 4 is 11.6 Å². The summed E-state index contributed by atoms with van der Waals surface area (Å²) in [5, 5.41) is 6.70. The lowest BCUT2D eigenvalue weighted by Gasteiger charge is -2.08. The van der Waals surface area contributed by atoms with Crippen molar-refractivity contribution < 1.29 is 9.32 Å². The van der Waals surface area contributed by atoms with Gasteiger partial charge in [-0.2, -0.15) is 4.98 Å². The van der Waals surface area contributed by atoms with E-state index in [1.807, 2.05) is 32.0 Å². The molecule has 0 fully saturated rings. The number of hydrogen-bond acceptors (Lipinski definition) is 5. The number of rotatable bonds is 5. The molecule has 3 N–H and O–H groups in total. The van der Waals surface area contributed by atoms with Gasteiger partial charge in [-0.15, -0.1) is 0 Å². The highest BCUT2D eigenvalue weighted by Crippen LogP contribution is 2.24. The fourth-order valence-electron chi connectivity index (χ4n) is 1.75. The Kier molecular flexibility index (Phi) is 4.47. The van der Waals surface area contributed by atoms with Crippen molar-refractivity contribution in [3.63, 3.8) is 0 Å². The monoisotopic (exact) mass is 274 g/mol. The summed E-state index contributed by atoms with van der Waals surface area (Å²) >= 11 is 0. The minimum absolute atomic E-state index is 0.104. The van der Waals surface area contributed by atoms with Crippen LogP contribution in [0, 0.1) is 6.92 Å². The Morgan fingerprint density at radius 3 is 2.90 bits per heavy atom. The highest BCUT2D eigenvalue weighted by atomic mass is 16.5. The number of carbonyl (C=O) groups excluding carboxylic acids is 1. The first-order valence-electron chi connectivity index (χ1n) is 6.57. The molecule has 106 valence electrons. The Labute approximate surface area is 117 Å². The van der Waals surface area contributed by atoms with E-state index in [2.05, 4.69) is 15.5 Å². The van der Waals surface area contributed by atoms with Crippen LogP contribution in [0.2, 0.25) is 0 Å². The van der Waals surface area contributed by atoms with E-state index >= 15 is 0 Å². The van der Waals surface area contributed by atoms with E-state index in [1.165, 1.54) is 0 Å². The largest absolute Gasteiger partial charge is 0.334 e. The van der Waals surface area contributed by atoms with Crippen molar-refractivity contribution in [2.24, 2.45) is 5.73 Å². The van der Waals surface area contributed by atoms with Crippen LogP contribution in [0.4, 0.5) is 5.69 Å². The summed E-state index contributed by atoms with van der Waals surface area (Å²) in [7, 11) is 0. The second-order valence-electron chi connectivity index (χ2n) is 4.49. The summed E-state index contributed by atoms with van der Waals surface area (Å²) in [5.74, 6) is 1.01. The summed E-state index contributed by atoms with van der Waals surface area (Å²) in [6.45, 7) is 4.21. The molecule has 0 aliphatic heterocycles. The molecule has 6 heteroatoms. The zero-order valence-electron chi connectivity index (χ0n) is 11.6. The van der Waals surface area contributed by atoms with E-state index in [9.17, 15) is 4.79 Å². The predicted octanol–water partition coefficient (Wildman–Crippen LogP) is 1.89. The molecular formula is C14H18N4O2. The molecule has 0 aliphatic rings. The number of nitrogens with zero attached hydrogens (tertiary/aromatic N) is 2.